The van der Waals surface area contributed by atoms with Gasteiger partial charge in [0.15, 0.2) is 5.69 Å². The number of thiophene rings is 1. The summed E-state index contributed by atoms with van der Waals surface area (Å²) in [6.45, 7) is 0.468. The molecule has 0 aliphatic carbocycles. The van der Waals surface area contributed by atoms with Crippen molar-refractivity contribution in [1.82, 2.24) is 9.55 Å². The van der Waals surface area contributed by atoms with Crippen LogP contribution in [-0.4, -0.2) is 20.6 Å². The number of benzene rings is 3. The summed E-state index contributed by atoms with van der Waals surface area (Å²) in [5.74, 6) is -0.527. The van der Waals surface area contributed by atoms with Crippen molar-refractivity contribution in [2.24, 2.45) is 10.2 Å². The molecule has 3 heterocycles. The molecule has 1 amide bonds. The topological polar surface area (TPSA) is 79.8 Å². The van der Waals surface area contributed by atoms with Gasteiger partial charge in [-0.15, -0.1) is 21.6 Å². The van der Waals surface area contributed by atoms with Gasteiger partial charge in [-0.2, -0.15) is 0 Å². The molecule has 1 N–H and O–H groups in total. The van der Waals surface area contributed by atoms with Gasteiger partial charge < -0.3 is 9.67 Å². The molecule has 3 aromatic carbocycles. The second kappa shape index (κ2) is 9.20. The summed E-state index contributed by atoms with van der Waals surface area (Å²) in [5.41, 5.74) is 3.97. The number of hydrogen-bond acceptors (Lipinski definition) is 5. The summed E-state index contributed by atoms with van der Waals surface area (Å²) in [5, 5.41) is 22.8. The first-order valence-electron chi connectivity index (χ1n) is 11.4. The molecule has 0 aliphatic rings. The maximum atomic E-state index is 13.3. The highest BCUT2D eigenvalue weighted by molar-refractivity contribution is 7.13. The fourth-order valence-electron chi connectivity index (χ4n) is 4.35. The molecule has 36 heavy (non-hydrogen) atoms. The first-order valence-corrected chi connectivity index (χ1v) is 12.3. The van der Waals surface area contributed by atoms with Gasteiger partial charge in [-0.3, -0.25) is 4.79 Å². The summed E-state index contributed by atoms with van der Waals surface area (Å²) >= 11 is 1.56. The lowest BCUT2D eigenvalue weighted by atomic mass is 10.1. The molecule has 6 aromatic rings. The fraction of sp³-hybridized carbons (Fsp3) is 0.0345. The summed E-state index contributed by atoms with van der Waals surface area (Å²) in [6.07, 6.45) is 0. The lowest BCUT2D eigenvalue weighted by Gasteiger charge is -2.07. The van der Waals surface area contributed by atoms with E-state index in [2.05, 4.69) is 10.2 Å². The SMILES string of the molecule is O=C(N=Nc1c(O)n(Cc2ccccc2)c2ccccc12)c1cc(-c2cccs2)nc2ccccc12. The van der Waals surface area contributed by atoms with E-state index in [9.17, 15) is 9.90 Å². The minimum Gasteiger partial charge on any atom is -0.493 e. The number of rotatable bonds is 5. The zero-order chi connectivity index (χ0) is 24.5. The maximum Gasteiger partial charge on any atom is 0.296 e. The normalized spacial score (nSPS) is 11.6. The van der Waals surface area contributed by atoms with E-state index < -0.39 is 5.91 Å². The van der Waals surface area contributed by atoms with E-state index in [1.807, 2.05) is 96.4 Å². The molecule has 0 unspecified atom stereocenters. The smallest absolute Gasteiger partial charge is 0.296 e. The molecule has 0 radical (unpaired) electrons. The number of nitrogens with zero attached hydrogens (tertiary/aromatic N) is 4. The highest BCUT2D eigenvalue weighted by Gasteiger charge is 2.18. The first-order chi connectivity index (χ1) is 17.7. The van der Waals surface area contributed by atoms with Gasteiger partial charge in [0, 0.05) is 10.8 Å². The molecule has 0 aliphatic heterocycles. The van der Waals surface area contributed by atoms with Crippen LogP contribution in [0.5, 0.6) is 5.88 Å². The van der Waals surface area contributed by atoms with E-state index in [1.54, 1.807) is 22.0 Å². The predicted molar refractivity (Wildman–Crippen MR) is 143 cm³/mol. The Kier molecular flexibility index (Phi) is 5.59. The van der Waals surface area contributed by atoms with Gasteiger partial charge in [-0.1, -0.05) is 72.8 Å². The zero-order valence-electron chi connectivity index (χ0n) is 19.1. The number of aromatic hydroxyl groups is 1. The van der Waals surface area contributed by atoms with E-state index in [0.717, 1.165) is 21.3 Å². The lowest BCUT2D eigenvalue weighted by molar-refractivity contribution is 0.0996. The van der Waals surface area contributed by atoms with Crippen molar-refractivity contribution < 1.29 is 9.90 Å². The number of amides is 1. The van der Waals surface area contributed by atoms with Crippen LogP contribution in [0.2, 0.25) is 0 Å². The maximum absolute atomic E-state index is 13.3. The molecule has 0 spiro atoms. The molecule has 0 bridgehead atoms. The highest BCUT2D eigenvalue weighted by Crippen LogP contribution is 2.39. The second-order valence-electron chi connectivity index (χ2n) is 8.32. The molecular weight excluding hydrogens is 468 g/mol. The summed E-state index contributed by atoms with van der Waals surface area (Å²) in [6, 6.07) is 30.6. The third-order valence-corrected chi connectivity index (χ3v) is 6.95. The average molecular weight is 489 g/mol. The molecule has 6 nitrogen and oxygen atoms in total. The highest BCUT2D eigenvalue weighted by atomic mass is 32.1. The van der Waals surface area contributed by atoms with Gasteiger partial charge in [0.2, 0.25) is 5.88 Å². The first kappa shape index (κ1) is 21.9. The van der Waals surface area contributed by atoms with Crippen LogP contribution in [-0.2, 0) is 6.54 Å². The van der Waals surface area contributed by atoms with E-state index in [-0.39, 0.29) is 11.6 Å². The monoisotopic (exact) mass is 488 g/mol. The Bertz CT molecular complexity index is 1740. The van der Waals surface area contributed by atoms with Crippen molar-refractivity contribution in [3.8, 4) is 16.5 Å². The molecule has 0 saturated heterocycles. The number of aromatic nitrogens is 2. The van der Waals surface area contributed by atoms with E-state index >= 15 is 0 Å². The molecule has 7 heteroatoms. The van der Waals surface area contributed by atoms with E-state index in [0.29, 0.717) is 28.7 Å². The van der Waals surface area contributed by atoms with Crippen LogP contribution in [0.1, 0.15) is 15.9 Å². The van der Waals surface area contributed by atoms with Crippen molar-refractivity contribution in [1.29, 1.82) is 0 Å². The van der Waals surface area contributed by atoms with Gasteiger partial charge in [0.05, 0.1) is 33.7 Å². The molecule has 0 atom stereocenters. The van der Waals surface area contributed by atoms with Crippen molar-refractivity contribution in [2.45, 2.75) is 6.54 Å². The Labute approximate surface area is 210 Å². The van der Waals surface area contributed by atoms with Crippen molar-refractivity contribution in [3.05, 3.63) is 114 Å². The third-order valence-electron chi connectivity index (χ3n) is 6.06. The van der Waals surface area contributed by atoms with Crippen LogP contribution in [0.3, 0.4) is 0 Å². The number of carbonyl (C=O) groups is 1. The third kappa shape index (κ3) is 3.95. The van der Waals surface area contributed by atoms with Gasteiger partial charge in [0.1, 0.15) is 0 Å². The van der Waals surface area contributed by atoms with Crippen LogP contribution < -0.4 is 0 Å². The van der Waals surface area contributed by atoms with Gasteiger partial charge in [0.25, 0.3) is 5.91 Å². The van der Waals surface area contributed by atoms with Crippen molar-refractivity contribution >= 4 is 44.7 Å². The van der Waals surface area contributed by atoms with Crippen LogP contribution >= 0.6 is 11.3 Å². The Morgan fingerprint density at radius 1 is 0.889 bits per heavy atom. The number of para-hydroxylation sites is 2. The van der Waals surface area contributed by atoms with Crippen LogP contribution in [0, 0.1) is 0 Å². The Morgan fingerprint density at radius 3 is 2.44 bits per heavy atom. The quantitative estimate of drug-likeness (QED) is 0.254. The summed E-state index contributed by atoms with van der Waals surface area (Å²) in [4.78, 5) is 19.0. The van der Waals surface area contributed by atoms with Crippen LogP contribution in [0.15, 0.2) is 113 Å². The Hall–Kier alpha value is -4.62. The van der Waals surface area contributed by atoms with Crippen molar-refractivity contribution in [3.63, 3.8) is 0 Å². The standard InChI is InChI=1S/C29H20N4O2S/c34-28(22-17-24(26-15-8-16-36-26)30-23-13-6-4-11-20(22)23)32-31-27-21-12-5-7-14-25(21)33(29(27)35)18-19-9-2-1-3-10-19/h1-17,35H,18H2. The minimum atomic E-state index is -0.495. The molecule has 174 valence electrons. The number of carbonyl (C=O) groups excluding carboxylic acids is 1. The summed E-state index contributed by atoms with van der Waals surface area (Å²) < 4.78 is 1.78. The van der Waals surface area contributed by atoms with Crippen molar-refractivity contribution in [2.75, 3.05) is 0 Å². The zero-order valence-corrected chi connectivity index (χ0v) is 19.9. The lowest BCUT2D eigenvalue weighted by Crippen LogP contribution is -1.99. The molecule has 0 saturated carbocycles. The fourth-order valence-corrected chi connectivity index (χ4v) is 5.03. The molecule has 3 aromatic heterocycles. The molecule has 6 rings (SSSR count). The average Bonchev–Trinajstić information content (AvgIpc) is 3.55. The minimum absolute atomic E-state index is 0.0320. The predicted octanol–water partition coefficient (Wildman–Crippen LogP) is 7.60. The molecule has 0 fully saturated rings. The van der Waals surface area contributed by atoms with E-state index in [4.69, 9.17) is 4.98 Å². The molecular formula is C29H20N4O2S. The Balaban J connectivity index is 1.42. The second-order valence-corrected chi connectivity index (χ2v) is 9.26. The number of pyridine rings is 1. The van der Waals surface area contributed by atoms with Gasteiger partial charge >= 0.3 is 0 Å². The van der Waals surface area contributed by atoms with Gasteiger partial charge in [-0.25, -0.2) is 4.98 Å². The van der Waals surface area contributed by atoms with Crippen LogP contribution in [0.4, 0.5) is 5.69 Å². The van der Waals surface area contributed by atoms with Gasteiger partial charge in [-0.05, 0) is 35.2 Å². The van der Waals surface area contributed by atoms with E-state index in [1.165, 1.54) is 0 Å². The number of hydrogen-bond donors (Lipinski definition) is 1. The van der Waals surface area contributed by atoms with Crippen LogP contribution in [0.25, 0.3) is 32.4 Å². The number of azo groups is 1. The summed E-state index contributed by atoms with van der Waals surface area (Å²) in [7, 11) is 0. The number of fused-ring (bicyclic) bond motifs is 2. The Morgan fingerprint density at radius 2 is 1.64 bits per heavy atom. The largest absolute Gasteiger partial charge is 0.493 e.